The van der Waals surface area contributed by atoms with Crippen molar-refractivity contribution >= 4 is 53.1 Å². The number of halogens is 1. The summed E-state index contributed by atoms with van der Waals surface area (Å²) < 4.78 is 40.9. The van der Waals surface area contributed by atoms with E-state index in [0.29, 0.717) is 29.8 Å². The average Bonchev–Trinajstić information content (AvgIpc) is 3.74. The molecule has 4 aromatic carbocycles. The van der Waals surface area contributed by atoms with E-state index >= 15 is 0 Å². The Balaban J connectivity index is 1.14. The van der Waals surface area contributed by atoms with Crippen molar-refractivity contribution in [3.8, 4) is 5.75 Å². The number of anilines is 1. The lowest BCUT2D eigenvalue weighted by atomic mass is 10.1. The molecule has 256 valence electrons. The number of hydrogen-bond donors (Lipinski definition) is 2. The van der Waals surface area contributed by atoms with Crippen molar-refractivity contribution in [2.24, 2.45) is 0 Å². The SMILES string of the molecule is Nc1ncnc2c1nc(Cl)n2[C@H]1CC[C@@H](COP(=O)(N[C@@H](Cc2ccccc2)C(=O)OCc2ccccc2)Oc2cccc3ccccc23)O1. The quantitative estimate of drug-likeness (QED) is 0.0720. The van der Waals surface area contributed by atoms with Gasteiger partial charge in [0.2, 0.25) is 5.28 Å². The molecule has 0 spiro atoms. The third-order valence-corrected chi connectivity index (χ3v) is 10.2. The minimum atomic E-state index is -4.29. The maximum Gasteiger partial charge on any atom is 0.459 e. The molecular weight excluding hydrogens is 679 g/mol. The molecule has 3 heterocycles. The molecule has 1 unspecified atom stereocenters. The van der Waals surface area contributed by atoms with Crippen LogP contribution in [-0.2, 0) is 36.4 Å². The van der Waals surface area contributed by atoms with Crippen LogP contribution in [-0.4, -0.2) is 44.2 Å². The smallest absolute Gasteiger partial charge is 0.459 e. The number of nitrogens with zero attached hydrogens (tertiary/aromatic N) is 4. The van der Waals surface area contributed by atoms with Crippen LogP contribution in [0.5, 0.6) is 5.75 Å². The zero-order valence-corrected chi connectivity index (χ0v) is 28.5. The second-order valence-corrected chi connectivity index (χ2v) is 13.8. The van der Waals surface area contributed by atoms with E-state index in [-0.39, 0.29) is 30.7 Å². The summed E-state index contributed by atoms with van der Waals surface area (Å²) in [4.78, 5) is 26.3. The molecule has 14 heteroatoms. The summed E-state index contributed by atoms with van der Waals surface area (Å²) in [6, 6.07) is 30.6. The summed E-state index contributed by atoms with van der Waals surface area (Å²) in [5.74, 6) is -0.0733. The number of rotatable bonds is 13. The predicted octanol–water partition coefficient (Wildman–Crippen LogP) is 7.04. The number of hydrogen-bond acceptors (Lipinski definition) is 10. The average molecular weight is 713 g/mol. The Morgan fingerprint density at radius 1 is 0.960 bits per heavy atom. The second kappa shape index (κ2) is 15.0. The van der Waals surface area contributed by atoms with Crippen molar-refractivity contribution in [1.82, 2.24) is 24.6 Å². The topological polar surface area (TPSA) is 153 Å². The van der Waals surface area contributed by atoms with Crippen LogP contribution in [0.3, 0.4) is 0 Å². The van der Waals surface area contributed by atoms with Crippen molar-refractivity contribution in [2.75, 3.05) is 12.3 Å². The molecule has 12 nitrogen and oxygen atoms in total. The number of imidazole rings is 1. The van der Waals surface area contributed by atoms with Gasteiger partial charge in [-0.3, -0.25) is 13.9 Å². The first kappa shape index (κ1) is 33.6. The molecule has 0 aliphatic carbocycles. The Labute approximate surface area is 293 Å². The fourth-order valence-corrected chi connectivity index (χ4v) is 7.69. The Morgan fingerprint density at radius 2 is 1.68 bits per heavy atom. The third-order valence-electron chi connectivity index (χ3n) is 8.34. The van der Waals surface area contributed by atoms with Gasteiger partial charge in [-0.15, -0.1) is 0 Å². The fourth-order valence-electron chi connectivity index (χ4n) is 5.88. The van der Waals surface area contributed by atoms with Gasteiger partial charge in [-0.1, -0.05) is 97.1 Å². The van der Waals surface area contributed by atoms with Gasteiger partial charge >= 0.3 is 13.7 Å². The van der Waals surface area contributed by atoms with Crippen LogP contribution in [0, 0.1) is 0 Å². The minimum absolute atomic E-state index is 0.0430. The van der Waals surface area contributed by atoms with Crippen molar-refractivity contribution in [3.63, 3.8) is 0 Å². The van der Waals surface area contributed by atoms with Crippen LogP contribution >= 0.6 is 19.3 Å². The van der Waals surface area contributed by atoms with Crippen molar-refractivity contribution < 1.29 is 27.9 Å². The zero-order chi connectivity index (χ0) is 34.5. The highest BCUT2D eigenvalue weighted by molar-refractivity contribution is 7.52. The number of aromatic nitrogens is 4. The standard InChI is InChI=1S/C36H34ClN6O6P/c37-36-41-32-33(38)39-23-40-34(32)43(36)31-19-18-27(48-31)22-47-50(45,49-30-17-9-15-26-14-7-8-16-28(26)30)42-29(20-24-10-3-1-4-11-24)35(44)46-21-25-12-5-2-6-13-25/h1-17,23,27,29,31H,18-22H2,(H,42,45)(H2,38,39,40)/t27-,29-,31+,50?/m0/s1. The van der Waals surface area contributed by atoms with Crippen molar-refractivity contribution in [2.45, 2.75) is 44.2 Å². The molecule has 1 saturated heterocycles. The van der Waals surface area contributed by atoms with E-state index in [1.807, 2.05) is 91.0 Å². The third kappa shape index (κ3) is 7.65. The minimum Gasteiger partial charge on any atom is -0.460 e. The van der Waals surface area contributed by atoms with E-state index in [4.69, 9.17) is 35.9 Å². The maximum absolute atomic E-state index is 14.9. The summed E-state index contributed by atoms with van der Waals surface area (Å²) >= 11 is 6.47. The van der Waals surface area contributed by atoms with Crippen LogP contribution in [0.2, 0.25) is 5.28 Å². The number of carbonyl (C=O) groups excluding carboxylic acids is 1. The van der Waals surface area contributed by atoms with E-state index in [0.717, 1.165) is 21.9 Å². The maximum atomic E-state index is 14.9. The van der Waals surface area contributed by atoms with E-state index < -0.39 is 32.1 Å². The van der Waals surface area contributed by atoms with Crippen LogP contribution in [0.4, 0.5) is 5.82 Å². The summed E-state index contributed by atoms with van der Waals surface area (Å²) in [6.07, 6.45) is 1.57. The molecule has 3 N–H and O–H groups in total. The summed E-state index contributed by atoms with van der Waals surface area (Å²) in [6.45, 7) is -0.0780. The Kier molecular flexibility index (Phi) is 10.1. The van der Waals surface area contributed by atoms with Crippen LogP contribution in [0.1, 0.15) is 30.2 Å². The first-order chi connectivity index (χ1) is 24.3. The number of ether oxygens (including phenoxy) is 2. The first-order valence-corrected chi connectivity index (χ1v) is 18.0. The molecule has 0 amide bonds. The highest BCUT2D eigenvalue weighted by Gasteiger charge is 2.38. The Hall–Kier alpha value is -4.84. The van der Waals surface area contributed by atoms with Crippen LogP contribution < -0.4 is 15.3 Å². The largest absolute Gasteiger partial charge is 0.460 e. The van der Waals surface area contributed by atoms with Gasteiger partial charge in [0.1, 0.15) is 31.0 Å². The monoisotopic (exact) mass is 712 g/mol. The molecule has 1 aliphatic rings. The first-order valence-electron chi connectivity index (χ1n) is 16.1. The Morgan fingerprint density at radius 3 is 2.48 bits per heavy atom. The molecule has 0 bridgehead atoms. The lowest BCUT2D eigenvalue weighted by Gasteiger charge is -2.26. The summed E-state index contributed by atoms with van der Waals surface area (Å²) in [7, 11) is -4.29. The summed E-state index contributed by atoms with van der Waals surface area (Å²) in [5, 5.41) is 4.71. The molecule has 1 fully saturated rings. The molecule has 0 saturated carbocycles. The van der Waals surface area contributed by atoms with Gasteiger partial charge in [0.25, 0.3) is 0 Å². The van der Waals surface area contributed by atoms with Crippen molar-refractivity contribution in [3.05, 3.63) is 126 Å². The second-order valence-electron chi connectivity index (χ2n) is 11.8. The number of fused-ring (bicyclic) bond motifs is 2. The number of nitrogens with two attached hydrogens (primary N) is 1. The fraction of sp³-hybridized carbons (Fsp3) is 0.222. The highest BCUT2D eigenvalue weighted by atomic mass is 35.5. The highest BCUT2D eigenvalue weighted by Crippen LogP contribution is 2.48. The van der Waals surface area contributed by atoms with E-state index in [1.165, 1.54) is 6.33 Å². The number of benzene rings is 4. The van der Waals surface area contributed by atoms with Crippen molar-refractivity contribution in [1.29, 1.82) is 0 Å². The molecule has 50 heavy (non-hydrogen) atoms. The number of carbonyl (C=O) groups is 1. The number of nitrogen functional groups attached to an aromatic ring is 1. The lowest BCUT2D eigenvalue weighted by Crippen LogP contribution is -2.39. The van der Waals surface area contributed by atoms with Gasteiger partial charge in [-0.25, -0.2) is 19.5 Å². The van der Waals surface area contributed by atoms with Gasteiger partial charge in [0, 0.05) is 5.39 Å². The van der Waals surface area contributed by atoms with Gasteiger partial charge in [-0.05, 0) is 53.4 Å². The van der Waals surface area contributed by atoms with Gasteiger partial charge in [-0.2, -0.15) is 5.09 Å². The molecule has 7 rings (SSSR count). The number of esters is 1. The van der Waals surface area contributed by atoms with E-state index in [9.17, 15) is 9.36 Å². The van der Waals surface area contributed by atoms with Gasteiger partial charge in [0.15, 0.2) is 17.0 Å². The Bertz CT molecular complexity index is 2150. The molecule has 6 aromatic rings. The molecule has 2 aromatic heterocycles. The van der Waals surface area contributed by atoms with Gasteiger partial charge < -0.3 is 19.7 Å². The summed E-state index contributed by atoms with van der Waals surface area (Å²) in [5.41, 5.74) is 8.45. The normalized spacial score (nSPS) is 17.8. The van der Waals surface area contributed by atoms with E-state index in [2.05, 4.69) is 20.0 Å². The molecular formula is C36H34ClN6O6P. The van der Waals surface area contributed by atoms with Crippen LogP contribution in [0.25, 0.3) is 21.9 Å². The predicted molar refractivity (Wildman–Crippen MR) is 189 cm³/mol. The number of nitrogens with one attached hydrogen (secondary N) is 1. The molecule has 1 aliphatic heterocycles. The van der Waals surface area contributed by atoms with E-state index in [1.54, 1.807) is 16.7 Å². The lowest BCUT2D eigenvalue weighted by molar-refractivity contribution is -0.147. The zero-order valence-electron chi connectivity index (χ0n) is 26.8. The van der Waals surface area contributed by atoms with Crippen LogP contribution in [0.15, 0.2) is 109 Å². The molecule has 4 atom stereocenters. The van der Waals surface area contributed by atoms with Gasteiger partial charge in [0.05, 0.1) is 12.7 Å². The molecule has 0 radical (unpaired) electrons.